The van der Waals surface area contributed by atoms with Gasteiger partial charge in [0.25, 0.3) is 5.91 Å². The number of nitrogens with zero attached hydrogens (tertiary/aromatic N) is 1. The molecular formula is C12H21NOS2. The van der Waals surface area contributed by atoms with Gasteiger partial charge in [-0.2, -0.15) is 0 Å². The molecule has 16 heavy (non-hydrogen) atoms. The lowest BCUT2D eigenvalue weighted by Gasteiger charge is -2.18. The Bertz CT molecular complexity index is 275. The number of carbonyl (C=O) groups is 1. The Kier molecular flexibility index (Phi) is 5.25. The van der Waals surface area contributed by atoms with Gasteiger partial charge in [0.15, 0.2) is 0 Å². The molecule has 0 spiro atoms. The van der Waals surface area contributed by atoms with E-state index in [9.17, 15) is 4.79 Å². The van der Waals surface area contributed by atoms with Gasteiger partial charge in [0.05, 0.1) is 4.91 Å². The topological polar surface area (TPSA) is 20.3 Å². The zero-order valence-electron chi connectivity index (χ0n) is 10.6. The molecule has 1 fully saturated rings. The van der Waals surface area contributed by atoms with Gasteiger partial charge in [-0.3, -0.25) is 4.79 Å². The molecule has 0 saturated carbocycles. The molecule has 0 aliphatic carbocycles. The number of hydrogen-bond acceptors (Lipinski definition) is 3. The third-order valence-electron chi connectivity index (χ3n) is 2.34. The van der Waals surface area contributed by atoms with Gasteiger partial charge >= 0.3 is 0 Å². The first-order chi connectivity index (χ1) is 7.44. The maximum Gasteiger partial charge on any atom is 0.260 e. The highest BCUT2D eigenvalue weighted by atomic mass is 32.2. The number of carbonyl (C=O) groups excluding carboxylic acids is 1. The average Bonchev–Trinajstić information content (AvgIpc) is 2.69. The monoisotopic (exact) mass is 259 g/mol. The van der Waals surface area contributed by atoms with Crippen LogP contribution in [0.3, 0.4) is 0 Å². The van der Waals surface area contributed by atoms with Gasteiger partial charge in [0.1, 0.15) is 0 Å². The molecule has 0 atom stereocenters. The van der Waals surface area contributed by atoms with Crippen molar-refractivity contribution in [2.45, 2.75) is 38.4 Å². The zero-order chi connectivity index (χ0) is 12.2. The summed E-state index contributed by atoms with van der Waals surface area (Å²) in [4.78, 5) is 15.0. The van der Waals surface area contributed by atoms with Crippen LogP contribution in [0.5, 0.6) is 0 Å². The van der Waals surface area contributed by atoms with Crippen molar-refractivity contribution in [3.8, 4) is 0 Å². The van der Waals surface area contributed by atoms with Crippen molar-refractivity contribution >= 4 is 29.4 Å². The van der Waals surface area contributed by atoms with Crippen molar-refractivity contribution in [1.29, 1.82) is 0 Å². The lowest BCUT2D eigenvalue weighted by atomic mass is 10.3. The van der Waals surface area contributed by atoms with Crippen molar-refractivity contribution in [1.82, 2.24) is 4.90 Å². The number of hydrogen-bond donors (Lipinski definition) is 0. The molecule has 0 aromatic rings. The molecule has 1 aliphatic heterocycles. The highest BCUT2D eigenvalue weighted by molar-refractivity contribution is 8.07. The summed E-state index contributed by atoms with van der Waals surface area (Å²) >= 11 is 3.28. The highest BCUT2D eigenvalue weighted by Gasteiger charge is 2.21. The second kappa shape index (κ2) is 6.01. The fraction of sp³-hybridized carbons (Fsp3) is 0.750. The van der Waals surface area contributed by atoms with Gasteiger partial charge in [-0.15, -0.1) is 23.5 Å². The predicted molar refractivity (Wildman–Crippen MR) is 74.8 cm³/mol. The fourth-order valence-electron chi connectivity index (χ4n) is 1.49. The van der Waals surface area contributed by atoms with Crippen LogP contribution in [-0.4, -0.2) is 34.9 Å². The van der Waals surface area contributed by atoms with E-state index in [2.05, 4.69) is 20.8 Å². The van der Waals surface area contributed by atoms with Gasteiger partial charge in [0.2, 0.25) is 0 Å². The Morgan fingerprint density at radius 1 is 1.25 bits per heavy atom. The second-order valence-electron chi connectivity index (χ2n) is 4.92. The van der Waals surface area contributed by atoms with Crippen LogP contribution in [0.4, 0.5) is 0 Å². The van der Waals surface area contributed by atoms with E-state index in [1.807, 2.05) is 16.6 Å². The van der Waals surface area contributed by atoms with Crippen molar-refractivity contribution in [2.24, 2.45) is 0 Å². The largest absolute Gasteiger partial charge is 0.338 e. The standard InChI is InChI=1S/C12H21NOS2/c1-12(2,3)16-9-10(15-4)11(14)13-7-5-6-8-13/h9H,5-8H2,1-4H3/b10-9-. The van der Waals surface area contributed by atoms with E-state index in [-0.39, 0.29) is 10.7 Å². The van der Waals surface area contributed by atoms with Crippen LogP contribution >= 0.6 is 23.5 Å². The van der Waals surface area contributed by atoms with Gasteiger partial charge in [-0.05, 0) is 24.5 Å². The lowest BCUT2D eigenvalue weighted by Crippen LogP contribution is -2.28. The molecule has 2 nitrogen and oxygen atoms in total. The molecule has 1 aliphatic rings. The summed E-state index contributed by atoms with van der Waals surface area (Å²) in [7, 11) is 0. The maximum atomic E-state index is 12.1. The van der Waals surface area contributed by atoms with E-state index in [1.54, 1.807) is 23.5 Å². The molecule has 0 N–H and O–H groups in total. The van der Waals surface area contributed by atoms with E-state index in [4.69, 9.17) is 0 Å². The molecule has 0 aromatic carbocycles. The summed E-state index contributed by atoms with van der Waals surface area (Å²) in [5, 5.41) is 2.02. The third-order valence-corrected chi connectivity index (χ3v) is 4.29. The SMILES string of the molecule is CS/C(=C\SC(C)(C)C)C(=O)N1CCCC1. The van der Waals surface area contributed by atoms with Crippen LogP contribution in [0.25, 0.3) is 0 Å². The summed E-state index contributed by atoms with van der Waals surface area (Å²) in [6, 6.07) is 0. The smallest absolute Gasteiger partial charge is 0.260 e. The van der Waals surface area contributed by atoms with Crippen LogP contribution in [0, 0.1) is 0 Å². The first kappa shape index (κ1) is 14.0. The Labute approximate surface area is 107 Å². The maximum absolute atomic E-state index is 12.1. The molecule has 1 saturated heterocycles. The van der Waals surface area contributed by atoms with Crippen molar-refractivity contribution in [3.05, 3.63) is 10.3 Å². The van der Waals surface area contributed by atoms with E-state index in [1.165, 1.54) is 0 Å². The Morgan fingerprint density at radius 3 is 2.25 bits per heavy atom. The molecule has 1 rings (SSSR count). The molecular weight excluding hydrogens is 238 g/mol. The molecule has 0 bridgehead atoms. The minimum atomic E-state index is 0.173. The van der Waals surface area contributed by atoms with Crippen LogP contribution in [0.2, 0.25) is 0 Å². The minimum Gasteiger partial charge on any atom is -0.338 e. The van der Waals surface area contributed by atoms with Gasteiger partial charge < -0.3 is 4.90 Å². The third kappa shape index (κ3) is 4.42. The van der Waals surface area contributed by atoms with Crippen LogP contribution in [0.1, 0.15) is 33.6 Å². The highest BCUT2D eigenvalue weighted by Crippen LogP contribution is 2.29. The normalized spacial score (nSPS) is 18.0. The number of thioether (sulfide) groups is 2. The molecule has 1 amide bonds. The molecule has 0 radical (unpaired) electrons. The van der Waals surface area contributed by atoms with E-state index in [0.29, 0.717) is 0 Å². The van der Waals surface area contributed by atoms with Crippen molar-refractivity contribution in [2.75, 3.05) is 19.3 Å². The molecule has 1 heterocycles. The molecule has 0 unspecified atom stereocenters. The van der Waals surface area contributed by atoms with E-state index < -0.39 is 0 Å². The Morgan fingerprint density at radius 2 is 1.81 bits per heavy atom. The summed E-state index contributed by atoms with van der Waals surface area (Å²) in [5.74, 6) is 0.210. The minimum absolute atomic E-state index is 0.173. The molecule has 92 valence electrons. The number of likely N-dealkylation sites (tertiary alicyclic amines) is 1. The quantitative estimate of drug-likeness (QED) is 0.725. The Hall–Kier alpha value is -0.0900. The van der Waals surface area contributed by atoms with Crippen LogP contribution in [0.15, 0.2) is 10.3 Å². The predicted octanol–water partition coefficient (Wildman–Crippen LogP) is 3.34. The Balaban J connectivity index is 2.62. The average molecular weight is 259 g/mol. The summed E-state index contributed by atoms with van der Waals surface area (Å²) in [6.45, 7) is 8.33. The van der Waals surface area contributed by atoms with E-state index >= 15 is 0 Å². The van der Waals surface area contributed by atoms with Gasteiger partial charge in [0, 0.05) is 17.8 Å². The second-order valence-corrected chi connectivity index (χ2v) is 7.46. The summed E-state index contributed by atoms with van der Waals surface area (Å²) in [6.07, 6.45) is 4.28. The van der Waals surface area contributed by atoms with Crippen molar-refractivity contribution < 1.29 is 4.79 Å². The molecule has 4 heteroatoms. The first-order valence-corrected chi connectivity index (χ1v) is 7.76. The number of amides is 1. The fourth-order valence-corrected chi connectivity index (χ4v) is 2.89. The van der Waals surface area contributed by atoms with Gasteiger partial charge in [-0.1, -0.05) is 20.8 Å². The summed E-state index contributed by atoms with van der Waals surface area (Å²) < 4.78 is 0.173. The van der Waals surface area contributed by atoms with Gasteiger partial charge in [-0.25, -0.2) is 0 Å². The van der Waals surface area contributed by atoms with Crippen LogP contribution < -0.4 is 0 Å². The lowest BCUT2D eigenvalue weighted by molar-refractivity contribution is -0.125. The summed E-state index contributed by atoms with van der Waals surface area (Å²) in [5.41, 5.74) is 0. The van der Waals surface area contributed by atoms with E-state index in [0.717, 1.165) is 30.8 Å². The number of rotatable bonds is 3. The molecule has 0 aromatic heterocycles. The zero-order valence-corrected chi connectivity index (χ0v) is 12.2. The first-order valence-electron chi connectivity index (χ1n) is 5.65. The van der Waals surface area contributed by atoms with Crippen LogP contribution in [-0.2, 0) is 4.79 Å². The van der Waals surface area contributed by atoms with Crippen molar-refractivity contribution in [3.63, 3.8) is 0 Å².